The number of ether oxygens (including phenoxy) is 3. The highest BCUT2D eigenvalue weighted by Gasteiger charge is 2.32. The number of methoxy groups -OCH3 is 1. The molecule has 9 nitrogen and oxygen atoms in total. The molecule has 10 heteroatoms. The third-order valence-electron chi connectivity index (χ3n) is 6.66. The molecule has 1 saturated heterocycles. The summed E-state index contributed by atoms with van der Waals surface area (Å²) in [7, 11) is 1.59. The predicted octanol–water partition coefficient (Wildman–Crippen LogP) is 6.36. The van der Waals surface area contributed by atoms with Gasteiger partial charge >= 0.3 is 5.97 Å². The van der Waals surface area contributed by atoms with Crippen molar-refractivity contribution < 1.29 is 23.4 Å². The minimum absolute atomic E-state index is 0.174. The van der Waals surface area contributed by atoms with Gasteiger partial charge in [-0.3, -0.25) is 9.69 Å². The fraction of sp³-hybridized carbons (Fsp3) is 0.414. The van der Waals surface area contributed by atoms with E-state index in [0.717, 1.165) is 36.6 Å². The molecule has 1 aliphatic heterocycles. The predicted molar refractivity (Wildman–Crippen MR) is 151 cm³/mol. The quantitative estimate of drug-likeness (QED) is 0.250. The van der Waals surface area contributed by atoms with Crippen LogP contribution in [0.5, 0.6) is 11.5 Å². The summed E-state index contributed by atoms with van der Waals surface area (Å²) < 4.78 is 23.1. The molecule has 0 spiro atoms. The number of hydrogen-bond acceptors (Lipinski definition) is 9. The zero-order valence-electron chi connectivity index (χ0n) is 22.6. The largest absolute Gasteiger partial charge is 0.493 e. The Kier molecular flexibility index (Phi) is 7.81. The Bertz CT molecular complexity index is 1480. The van der Waals surface area contributed by atoms with Crippen LogP contribution in [0.25, 0.3) is 21.9 Å². The van der Waals surface area contributed by atoms with Crippen molar-refractivity contribution in [3.05, 3.63) is 47.9 Å². The van der Waals surface area contributed by atoms with E-state index >= 15 is 0 Å². The molecule has 2 aromatic carbocycles. The van der Waals surface area contributed by atoms with E-state index in [0.29, 0.717) is 52.3 Å². The molecule has 1 atom stereocenters. The van der Waals surface area contributed by atoms with Crippen molar-refractivity contribution in [3.63, 3.8) is 0 Å². The van der Waals surface area contributed by atoms with Crippen LogP contribution < -0.4 is 14.8 Å². The van der Waals surface area contributed by atoms with Crippen LogP contribution in [0.2, 0.25) is 5.02 Å². The number of halogens is 1. The summed E-state index contributed by atoms with van der Waals surface area (Å²) in [4.78, 5) is 23.8. The Morgan fingerprint density at radius 1 is 1.18 bits per heavy atom. The van der Waals surface area contributed by atoms with Gasteiger partial charge in [-0.1, -0.05) is 18.0 Å². The van der Waals surface area contributed by atoms with Crippen molar-refractivity contribution in [1.82, 2.24) is 14.9 Å². The first-order valence-electron chi connectivity index (χ1n) is 13.1. The number of carbonyl (C=O) groups excluding carboxylic acids is 1. The smallest absolute Gasteiger partial charge is 0.323 e. The summed E-state index contributed by atoms with van der Waals surface area (Å²) in [5.74, 6) is 1.49. The molecule has 1 unspecified atom stereocenters. The molecule has 0 amide bonds. The van der Waals surface area contributed by atoms with Crippen molar-refractivity contribution in [2.24, 2.45) is 0 Å². The van der Waals surface area contributed by atoms with Crippen molar-refractivity contribution in [3.8, 4) is 11.5 Å². The van der Waals surface area contributed by atoms with Gasteiger partial charge < -0.3 is 23.9 Å². The molecule has 0 bridgehead atoms. The maximum absolute atomic E-state index is 12.8. The van der Waals surface area contributed by atoms with E-state index in [1.54, 1.807) is 13.4 Å². The molecule has 0 saturated carbocycles. The number of furan rings is 1. The number of esters is 1. The Balaban J connectivity index is 1.34. The van der Waals surface area contributed by atoms with Gasteiger partial charge in [-0.15, -0.1) is 0 Å². The van der Waals surface area contributed by atoms with Crippen LogP contribution in [-0.2, 0) is 9.53 Å². The molecule has 0 radical (unpaired) electrons. The van der Waals surface area contributed by atoms with Crippen LogP contribution in [0.4, 0.5) is 11.5 Å². The normalized spacial score (nSPS) is 16.4. The fourth-order valence-electron chi connectivity index (χ4n) is 4.85. The van der Waals surface area contributed by atoms with E-state index in [-0.39, 0.29) is 12.0 Å². The van der Waals surface area contributed by atoms with Gasteiger partial charge in [-0.25, -0.2) is 9.97 Å². The van der Waals surface area contributed by atoms with E-state index in [9.17, 15) is 4.79 Å². The molecule has 1 aliphatic rings. The average molecular weight is 553 g/mol. The molecule has 3 heterocycles. The number of piperidine rings is 1. The van der Waals surface area contributed by atoms with Gasteiger partial charge in [-0.05, 0) is 64.4 Å². The molecule has 4 aromatic rings. The minimum Gasteiger partial charge on any atom is -0.493 e. The van der Waals surface area contributed by atoms with Crippen LogP contribution >= 0.6 is 11.6 Å². The summed E-state index contributed by atoms with van der Waals surface area (Å²) >= 11 is 6.48. The maximum atomic E-state index is 12.8. The monoisotopic (exact) mass is 552 g/mol. The molecule has 206 valence electrons. The van der Waals surface area contributed by atoms with E-state index in [1.165, 1.54) is 6.33 Å². The first-order chi connectivity index (χ1) is 18.7. The van der Waals surface area contributed by atoms with E-state index < -0.39 is 5.60 Å². The Morgan fingerprint density at radius 2 is 2.03 bits per heavy atom. The summed E-state index contributed by atoms with van der Waals surface area (Å²) in [6, 6.07) is 9.00. The number of benzene rings is 2. The molecule has 2 aromatic heterocycles. The van der Waals surface area contributed by atoms with Gasteiger partial charge in [0.05, 0.1) is 23.9 Å². The number of nitrogens with zero attached hydrogens (tertiary/aromatic N) is 3. The Morgan fingerprint density at radius 3 is 2.82 bits per heavy atom. The highest BCUT2D eigenvalue weighted by molar-refractivity contribution is 6.35. The molecule has 0 aliphatic carbocycles. The van der Waals surface area contributed by atoms with Crippen LogP contribution in [0.1, 0.15) is 40.0 Å². The number of nitrogens with one attached hydrogen (secondary N) is 1. The average Bonchev–Trinajstić information content (AvgIpc) is 3.38. The first kappa shape index (κ1) is 27.0. The minimum atomic E-state index is -0.513. The first-order valence-corrected chi connectivity index (χ1v) is 13.5. The second-order valence-corrected chi connectivity index (χ2v) is 11.0. The number of hydrogen-bond donors (Lipinski definition) is 1. The fourth-order valence-corrected chi connectivity index (χ4v) is 5.04. The zero-order chi connectivity index (χ0) is 27.6. The van der Waals surface area contributed by atoms with Crippen LogP contribution in [0, 0.1) is 0 Å². The van der Waals surface area contributed by atoms with Gasteiger partial charge in [-0.2, -0.15) is 0 Å². The van der Waals surface area contributed by atoms with E-state index in [4.69, 9.17) is 30.2 Å². The molecule has 39 heavy (non-hydrogen) atoms. The van der Waals surface area contributed by atoms with Gasteiger partial charge in [0.15, 0.2) is 17.1 Å². The second kappa shape index (κ2) is 11.3. The Hall–Kier alpha value is -3.56. The van der Waals surface area contributed by atoms with Crippen molar-refractivity contribution in [1.29, 1.82) is 0 Å². The Labute approximate surface area is 232 Å². The lowest BCUT2D eigenvalue weighted by molar-refractivity contribution is -0.163. The molecular formula is C29H33ClN4O5. The van der Waals surface area contributed by atoms with E-state index in [1.807, 2.05) is 51.1 Å². The van der Waals surface area contributed by atoms with Gasteiger partial charge in [0.2, 0.25) is 0 Å². The number of anilines is 2. The van der Waals surface area contributed by atoms with Crippen molar-refractivity contribution in [2.75, 3.05) is 32.1 Å². The third kappa shape index (κ3) is 6.04. The molecule has 5 rings (SSSR count). The summed E-state index contributed by atoms with van der Waals surface area (Å²) in [6.45, 7) is 7.48. The van der Waals surface area contributed by atoms with Gasteiger partial charge in [0, 0.05) is 23.4 Å². The molecular weight excluding hydrogens is 520 g/mol. The SMILES string of the molecule is COc1cc2c(Nc3c(Cl)ccc4ccoc34)ncnc2cc1OCCN1CCCCC1C(=O)OC(C)(C)C. The number of likely N-dealkylation sites (tertiary alicyclic amines) is 1. The number of aromatic nitrogens is 2. The third-order valence-corrected chi connectivity index (χ3v) is 6.98. The maximum Gasteiger partial charge on any atom is 0.323 e. The zero-order valence-corrected chi connectivity index (χ0v) is 23.4. The lowest BCUT2D eigenvalue weighted by Crippen LogP contribution is -2.48. The summed E-state index contributed by atoms with van der Waals surface area (Å²) in [5.41, 5.74) is 1.43. The van der Waals surface area contributed by atoms with E-state index in [2.05, 4.69) is 20.2 Å². The highest BCUT2D eigenvalue weighted by Crippen LogP contribution is 2.38. The highest BCUT2D eigenvalue weighted by atomic mass is 35.5. The van der Waals surface area contributed by atoms with Crippen LogP contribution in [-0.4, -0.2) is 59.3 Å². The van der Waals surface area contributed by atoms with Crippen LogP contribution in [0.3, 0.4) is 0 Å². The topological polar surface area (TPSA) is 99.0 Å². The van der Waals surface area contributed by atoms with Gasteiger partial charge in [0.25, 0.3) is 0 Å². The number of carbonyl (C=O) groups is 1. The molecule has 1 fully saturated rings. The summed E-state index contributed by atoms with van der Waals surface area (Å²) in [5, 5.41) is 5.49. The lowest BCUT2D eigenvalue weighted by atomic mass is 10.0. The van der Waals surface area contributed by atoms with Crippen LogP contribution in [0.15, 0.2) is 47.3 Å². The standard InChI is InChI=1S/C29H33ClN4O5/c1-29(2,3)39-28(35)22-7-5-6-11-34(22)12-14-37-24-16-21-19(15-23(24)36-4)27(32-17-31-21)33-25-20(30)9-8-18-10-13-38-26(18)25/h8-10,13,15-17,22H,5-7,11-12,14H2,1-4H3,(H,31,32,33). The lowest BCUT2D eigenvalue weighted by Gasteiger charge is -2.35. The van der Waals surface area contributed by atoms with Crippen molar-refractivity contribution in [2.45, 2.75) is 51.7 Å². The second-order valence-electron chi connectivity index (χ2n) is 10.6. The number of fused-ring (bicyclic) bond motifs is 2. The summed E-state index contributed by atoms with van der Waals surface area (Å²) in [6.07, 6.45) is 5.94. The van der Waals surface area contributed by atoms with Crippen molar-refractivity contribution >= 4 is 50.9 Å². The number of rotatable bonds is 8. The van der Waals surface area contributed by atoms with Gasteiger partial charge in [0.1, 0.15) is 36.1 Å². The molecule has 1 N–H and O–H groups in total.